The molecule has 0 aromatic heterocycles. The second-order valence-corrected chi connectivity index (χ2v) is 8.04. The molecule has 0 saturated carbocycles. The predicted molar refractivity (Wildman–Crippen MR) is 119 cm³/mol. The molecule has 158 valence electrons. The maximum absolute atomic E-state index is 10.8. The molecule has 1 heterocycles. The number of rotatable bonds is 5. The first-order valence-corrected chi connectivity index (χ1v) is 10.3. The maximum Gasteiger partial charge on any atom is 0.269 e. The fourth-order valence-corrected chi connectivity index (χ4v) is 4.54. The third-order valence-electron chi connectivity index (χ3n) is 6.32. The van der Waals surface area contributed by atoms with Gasteiger partial charge in [0.2, 0.25) is 0 Å². The van der Waals surface area contributed by atoms with Crippen LogP contribution in [0.1, 0.15) is 28.7 Å². The highest BCUT2D eigenvalue weighted by Gasteiger charge is 2.27. The molecule has 0 amide bonds. The topological polar surface area (TPSA) is 73.4 Å². The Labute approximate surface area is 183 Å². The summed E-state index contributed by atoms with van der Waals surface area (Å²) < 4.78 is 0. The van der Waals surface area contributed by atoms with Crippen molar-refractivity contribution >= 4 is 18.1 Å². The zero-order valence-corrected chi connectivity index (χ0v) is 17.8. The van der Waals surface area contributed by atoms with Gasteiger partial charge in [-0.3, -0.25) is 15.0 Å². The number of hydrogen-bond donors (Lipinski definition) is 0. The molecule has 6 nitrogen and oxygen atoms in total. The number of halogens is 1. The summed E-state index contributed by atoms with van der Waals surface area (Å²) in [5.41, 5.74) is 4.82. The fourth-order valence-electron chi connectivity index (χ4n) is 4.54. The van der Waals surface area contributed by atoms with Crippen LogP contribution in [-0.4, -0.2) is 53.5 Å². The number of benzene rings is 2. The van der Waals surface area contributed by atoms with E-state index in [1.807, 2.05) is 18.2 Å². The van der Waals surface area contributed by atoms with E-state index in [1.54, 1.807) is 12.1 Å². The number of nitriles is 1. The Kier molecular flexibility index (Phi) is 7.43. The predicted octanol–water partition coefficient (Wildman–Crippen LogP) is 3.61. The molecule has 1 aliphatic carbocycles. The third kappa shape index (κ3) is 5.17. The molecule has 1 saturated heterocycles. The first-order chi connectivity index (χ1) is 14.1. The van der Waals surface area contributed by atoms with Crippen LogP contribution in [0.2, 0.25) is 0 Å². The SMILES string of the molecule is Cl.N#Cc1ccc2c(c1)CC[C@@H](N1CCN(CCc3ccc([N+](=O)[O-])cc3)CC1)C2. The molecule has 2 aromatic rings. The van der Waals surface area contributed by atoms with Crippen LogP contribution in [0.3, 0.4) is 0 Å². The second kappa shape index (κ2) is 10.0. The molecule has 30 heavy (non-hydrogen) atoms. The lowest BCUT2D eigenvalue weighted by Gasteiger charge is -2.41. The number of piperazine rings is 1. The highest BCUT2D eigenvalue weighted by atomic mass is 35.5. The van der Waals surface area contributed by atoms with Gasteiger partial charge in [0.25, 0.3) is 5.69 Å². The Hall–Kier alpha value is -2.46. The first kappa shape index (κ1) is 22.2. The molecule has 1 fully saturated rings. The van der Waals surface area contributed by atoms with Crippen LogP contribution < -0.4 is 0 Å². The van der Waals surface area contributed by atoms with Gasteiger partial charge in [-0.05, 0) is 54.5 Å². The van der Waals surface area contributed by atoms with E-state index in [4.69, 9.17) is 5.26 Å². The van der Waals surface area contributed by atoms with Crippen LogP contribution in [0, 0.1) is 21.4 Å². The standard InChI is InChI=1S/C23H26N4O2.ClH/c24-17-19-1-4-21-16-23(8-5-20(21)15-19)26-13-11-25(12-14-26)10-9-18-2-6-22(7-3-18)27(28)29;/h1-4,6-7,15,23H,5,8-14,16H2;1H/t23-;/m1./s1. The van der Waals surface area contributed by atoms with Crippen LogP contribution in [0.5, 0.6) is 0 Å². The van der Waals surface area contributed by atoms with E-state index in [2.05, 4.69) is 28.0 Å². The molecule has 2 aliphatic rings. The molecule has 0 spiro atoms. The molecule has 7 heteroatoms. The van der Waals surface area contributed by atoms with Crippen molar-refractivity contribution in [2.45, 2.75) is 31.7 Å². The largest absolute Gasteiger partial charge is 0.300 e. The summed E-state index contributed by atoms with van der Waals surface area (Å²) in [6, 6.07) is 15.9. The van der Waals surface area contributed by atoms with E-state index in [9.17, 15) is 10.1 Å². The van der Waals surface area contributed by atoms with Gasteiger partial charge < -0.3 is 4.90 Å². The van der Waals surface area contributed by atoms with Gasteiger partial charge in [-0.15, -0.1) is 12.4 Å². The third-order valence-corrected chi connectivity index (χ3v) is 6.32. The summed E-state index contributed by atoms with van der Waals surface area (Å²) in [5.74, 6) is 0. The lowest BCUT2D eigenvalue weighted by Crippen LogP contribution is -2.52. The van der Waals surface area contributed by atoms with Crippen LogP contribution in [0.15, 0.2) is 42.5 Å². The lowest BCUT2D eigenvalue weighted by molar-refractivity contribution is -0.384. The highest BCUT2D eigenvalue weighted by molar-refractivity contribution is 5.85. The number of hydrogen-bond acceptors (Lipinski definition) is 5. The van der Waals surface area contributed by atoms with E-state index in [0.717, 1.165) is 63.1 Å². The van der Waals surface area contributed by atoms with E-state index < -0.39 is 0 Å². The smallest absolute Gasteiger partial charge is 0.269 e. The zero-order chi connectivity index (χ0) is 20.2. The second-order valence-electron chi connectivity index (χ2n) is 8.04. The average molecular weight is 427 g/mol. The summed E-state index contributed by atoms with van der Waals surface area (Å²) >= 11 is 0. The van der Waals surface area contributed by atoms with Crippen molar-refractivity contribution in [1.82, 2.24) is 9.80 Å². The molecule has 2 aromatic carbocycles. The number of nitro groups is 1. The molecular weight excluding hydrogens is 400 g/mol. The molecule has 0 N–H and O–H groups in total. The minimum absolute atomic E-state index is 0. The van der Waals surface area contributed by atoms with Gasteiger partial charge in [0.05, 0.1) is 16.6 Å². The number of fused-ring (bicyclic) bond motifs is 1. The van der Waals surface area contributed by atoms with E-state index >= 15 is 0 Å². The summed E-state index contributed by atoms with van der Waals surface area (Å²) in [5, 5.41) is 19.8. The Morgan fingerprint density at radius 1 is 1.07 bits per heavy atom. The summed E-state index contributed by atoms with van der Waals surface area (Å²) in [4.78, 5) is 15.5. The van der Waals surface area contributed by atoms with Crippen LogP contribution >= 0.6 is 12.4 Å². The van der Waals surface area contributed by atoms with E-state index in [0.29, 0.717) is 6.04 Å². The summed E-state index contributed by atoms with van der Waals surface area (Å²) in [6.45, 7) is 5.33. The van der Waals surface area contributed by atoms with Gasteiger partial charge in [-0.2, -0.15) is 5.26 Å². The Bertz CT molecular complexity index is 918. The van der Waals surface area contributed by atoms with Gasteiger partial charge >= 0.3 is 0 Å². The summed E-state index contributed by atoms with van der Waals surface area (Å²) in [7, 11) is 0. The molecule has 0 unspecified atom stereocenters. The zero-order valence-electron chi connectivity index (χ0n) is 17.0. The monoisotopic (exact) mass is 426 g/mol. The van der Waals surface area contributed by atoms with E-state index in [-0.39, 0.29) is 23.0 Å². The van der Waals surface area contributed by atoms with Crippen molar-refractivity contribution in [1.29, 1.82) is 5.26 Å². The van der Waals surface area contributed by atoms with Crippen LogP contribution in [0.25, 0.3) is 0 Å². The number of nitro benzene ring substituents is 1. The Balaban J connectivity index is 0.00000256. The normalized spacial score (nSPS) is 19.4. The number of nitrogens with zero attached hydrogens (tertiary/aromatic N) is 4. The molecule has 0 radical (unpaired) electrons. The van der Waals surface area contributed by atoms with Crippen LogP contribution in [0.4, 0.5) is 5.69 Å². The van der Waals surface area contributed by atoms with Gasteiger partial charge in [0.15, 0.2) is 0 Å². The quantitative estimate of drug-likeness (QED) is 0.539. The minimum Gasteiger partial charge on any atom is -0.300 e. The molecule has 1 aliphatic heterocycles. The van der Waals surface area contributed by atoms with Crippen molar-refractivity contribution in [3.05, 3.63) is 74.8 Å². The lowest BCUT2D eigenvalue weighted by atomic mass is 9.86. The molecule has 1 atom stereocenters. The first-order valence-electron chi connectivity index (χ1n) is 10.3. The van der Waals surface area contributed by atoms with Crippen LogP contribution in [-0.2, 0) is 19.3 Å². The molecule has 4 rings (SSSR count). The van der Waals surface area contributed by atoms with E-state index in [1.165, 1.54) is 17.5 Å². The van der Waals surface area contributed by atoms with Gasteiger partial charge in [0, 0.05) is 50.9 Å². The molecular formula is C23H27ClN4O2. The van der Waals surface area contributed by atoms with Crippen molar-refractivity contribution < 1.29 is 4.92 Å². The van der Waals surface area contributed by atoms with Gasteiger partial charge in [-0.25, -0.2) is 0 Å². The summed E-state index contributed by atoms with van der Waals surface area (Å²) in [6.07, 6.45) is 4.25. The van der Waals surface area contributed by atoms with Gasteiger partial charge in [0.1, 0.15) is 0 Å². The Morgan fingerprint density at radius 2 is 1.80 bits per heavy atom. The average Bonchev–Trinajstić information content (AvgIpc) is 2.77. The van der Waals surface area contributed by atoms with Gasteiger partial charge in [-0.1, -0.05) is 18.2 Å². The van der Waals surface area contributed by atoms with Crippen molar-refractivity contribution in [3.8, 4) is 6.07 Å². The maximum atomic E-state index is 10.8. The van der Waals surface area contributed by atoms with Crippen molar-refractivity contribution in [3.63, 3.8) is 0 Å². The molecule has 0 bridgehead atoms. The Morgan fingerprint density at radius 3 is 2.47 bits per heavy atom. The van der Waals surface area contributed by atoms with Crippen molar-refractivity contribution in [2.75, 3.05) is 32.7 Å². The van der Waals surface area contributed by atoms with Crippen molar-refractivity contribution in [2.24, 2.45) is 0 Å². The number of non-ortho nitro benzene ring substituents is 1. The fraction of sp³-hybridized carbons (Fsp3) is 0.435. The minimum atomic E-state index is -0.352. The highest BCUT2D eigenvalue weighted by Crippen LogP contribution is 2.26. The number of aryl methyl sites for hydroxylation is 1.